The molecule has 0 bridgehead atoms. The van der Waals surface area contributed by atoms with Crippen molar-refractivity contribution in [2.24, 2.45) is 0 Å². The molecule has 2 N–H and O–H groups in total. The Hall–Kier alpha value is -1.49. The Kier molecular flexibility index (Phi) is 5.03. The van der Waals surface area contributed by atoms with Crippen molar-refractivity contribution in [1.29, 1.82) is 0 Å². The third kappa shape index (κ3) is 4.11. The number of thioether (sulfide) groups is 1. The normalized spacial score (nSPS) is 10.0. The molecular formula is C12H14FNO2S. The van der Waals surface area contributed by atoms with Gasteiger partial charge in [0.15, 0.2) is 0 Å². The fraction of sp³-hybridized carbons (Fsp3) is 0.250. The molecule has 0 amide bonds. The number of carbonyl (C=O) groups is 1. The van der Waals surface area contributed by atoms with Gasteiger partial charge in [0.25, 0.3) is 0 Å². The van der Waals surface area contributed by atoms with Gasteiger partial charge >= 0.3 is 5.97 Å². The number of nitrogen functional groups attached to an aromatic ring is 1. The van der Waals surface area contributed by atoms with Gasteiger partial charge in [-0.05, 0) is 25.1 Å². The van der Waals surface area contributed by atoms with Crippen molar-refractivity contribution in [3.05, 3.63) is 36.2 Å². The summed E-state index contributed by atoms with van der Waals surface area (Å²) in [6, 6.07) is 4.15. The van der Waals surface area contributed by atoms with Crippen LogP contribution in [-0.2, 0) is 9.53 Å². The molecule has 0 aliphatic carbocycles. The van der Waals surface area contributed by atoms with Gasteiger partial charge in [0.05, 0.1) is 6.61 Å². The molecule has 1 aromatic carbocycles. The second-order valence-corrected chi connectivity index (χ2v) is 4.31. The van der Waals surface area contributed by atoms with E-state index in [9.17, 15) is 9.18 Å². The van der Waals surface area contributed by atoms with E-state index in [0.717, 1.165) is 4.90 Å². The number of hydrogen-bond acceptors (Lipinski definition) is 4. The lowest BCUT2D eigenvalue weighted by Gasteiger charge is -2.07. The van der Waals surface area contributed by atoms with Crippen LogP contribution in [-0.4, -0.2) is 18.3 Å². The van der Waals surface area contributed by atoms with Gasteiger partial charge in [0.1, 0.15) is 5.82 Å². The summed E-state index contributed by atoms with van der Waals surface area (Å²) in [6.45, 7) is 5.68. The number of ether oxygens (including phenoxy) is 1. The van der Waals surface area contributed by atoms with Crippen molar-refractivity contribution in [1.82, 2.24) is 0 Å². The SMILES string of the molecule is C=C(CSc1ccc(F)cc1N)C(=O)OCC. The molecule has 0 fully saturated rings. The molecular weight excluding hydrogens is 241 g/mol. The van der Waals surface area contributed by atoms with E-state index in [1.165, 1.54) is 23.9 Å². The summed E-state index contributed by atoms with van der Waals surface area (Å²) in [5, 5.41) is 0. The lowest BCUT2D eigenvalue weighted by atomic mass is 10.3. The highest BCUT2D eigenvalue weighted by Crippen LogP contribution is 2.27. The third-order valence-corrected chi connectivity index (χ3v) is 3.11. The lowest BCUT2D eigenvalue weighted by Crippen LogP contribution is -2.08. The minimum atomic E-state index is -0.416. The van der Waals surface area contributed by atoms with Gasteiger partial charge in [-0.15, -0.1) is 11.8 Å². The maximum Gasteiger partial charge on any atom is 0.334 e. The zero-order valence-corrected chi connectivity index (χ0v) is 10.3. The van der Waals surface area contributed by atoms with Gasteiger partial charge in [-0.2, -0.15) is 0 Å². The van der Waals surface area contributed by atoms with Crippen LogP contribution in [0.25, 0.3) is 0 Å². The highest BCUT2D eigenvalue weighted by molar-refractivity contribution is 7.99. The van der Waals surface area contributed by atoms with E-state index in [1.54, 1.807) is 13.0 Å². The molecule has 0 aromatic heterocycles. The average molecular weight is 255 g/mol. The summed E-state index contributed by atoms with van der Waals surface area (Å²) in [7, 11) is 0. The Morgan fingerprint density at radius 1 is 1.59 bits per heavy atom. The standard InChI is InChI=1S/C12H14FNO2S/c1-3-16-12(15)8(2)7-17-11-5-4-9(13)6-10(11)14/h4-6H,2-3,7,14H2,1H3. The van der Waals surface area contributed by atoms with E-state index in [2.05, 4.69) is 6.58 Å². The van der Waals surface area contributed by atoms with Crippen LogP contribution in [0.1, 0.15) is 6.92 Å². The molecule has 0 radical (unpaired) electrons. The van der Waals surface area contributed by atoms with Gasteiger partial charge < -0.3 is 10.5 Å². The van der Waals surface area contributed by atoms with Crippen molar-refractivity contribution >= 4 is 23.4 Å². The molecule has 0 atom stereocenters. The third-order valence-electron chi connectivity index (χ3n) is 1.94. The summed E-state index contributed by atoms with van der Waals surface area (Å²) >= 11 is 1.33. The molecule has 0 aliphatic heterocycles. The number of anilines is 1. The summed E-state index contributed by atoms with van der Waals surface area (Å²) in [5.74, 6) is -0.425. The van der Waals surface area contributed by atoms with E-state index < -0.39 is 5.97 Å². The van der Waals surface area contributed by atoms with Crippen LogP contribution < -0.4 is 5.73 Å². The lowest BCUT2D eigenvalue weighted by molar-refractivity contribution is -0.138. The van der Waals surface area contributed by atoms with Crippen molar-refractivity contribution < 1.29 is 13.9 Å². The fourth-order valence-corrected chi connectivity index (χ4v) is 1.95. The van der Waals surface area contributed by atoms with E-state index in [0.29, 0.717) is 23.6 Å². The minimum absolute atomic E-state index is 0.321. The first-order valence-corrected chi connectivity index (χ1v) is 6.06. The second kappa shape index (κ2) is 6.30. The first-order chi connectivity index (χ1) is 8.04. The zero-order chi connectivity index (χ0) is 12.8. The number of esters is 1. The maximum atomic E-state index is 12.8. The van der Waals surface area contributed by atoms with Gasteiger partial charge in [0.2, 0.25) is 0 Å². The number of halogens is 1. The maximum absolute atomic E-state index is 12.8. The average Bonchev–Trinajstić information content (AvgIpc) is 2.27. The molecule has 5 heteroatoms. The van der Waals surface area contributed by atoms with Crippen LogP contribution in [0.5, 0.6) is 0 Å². The Morgan fingerprint density at radius 3 is 2.88 bits per heavy atom. The van der Waals surface area contributed by atoms with Crippen LogP contribution in [0.15, 0.2) is 35.2 Å². The molecule has 0 aliphatic rings. The summed E-state index contributed by atoms with van der Waals surface area (Å²) in [5.41, 5.74) is 6.35. The zero-order valence-electron chi connectivity index (χ0n) is 9.53. The Labute approximate surface area is 104 Å². The molecule has 17 heavy (non-hydrogen) atoms. The second-order valence-electron chi connectivity index (χ2n) is 3.29. The summed E-state index contributed by atoms with van der Waals surface area (Å²) in [6.07, 6.45) is 0. The van der Waals surface area contributed by atoms with Crippen LogP contribution in [0.3, 0.4) is 0 Å². The molecule has 0 heterocycles. The smallest absolute Gasteiger partial charge is 0.334 e. The fourth-order valence-electron chi connectivity index (χ4n) is 1.11. The van der Waals surface area contributed by atoms with Crippen LogP contribution in [0, 0.1) is 5.82 Å². The molecule has 92 valence electrons. The quantitative estimate of drug-likeness (QED) is 0.380. The number of benzene rings is 1. The van der Waals surface area contributed by atoms with E-state index in [1.807, 2.05) is 0 Å². The minimum Gasteiger partial charge on any atom is -0.463 e. The summed E-state index contributed by atoms with van der Waals surface area (Å²) in [4.78, 5) is 12.0. The molecule has 1 aromatic rings. The van der Waals surface area contributed by atoms with Crippen molar-refractivity contribution in [3.63, 3.8) is 0 Å². The van der Waals surface area contributed by atoms with Gasteiger partial charge in [-0.3, -0.25) is 0 Å². The summed E-state index contributed by atoms with van der Waals surface area (Å²) < 4.78 is 17.6. The van der Waals surface area contributed by atoms with Crippen molar-refractivity contribution in [2.45, 2.75) is 11.8 Å². The predicted octanol–water partition coefficient (Wildman–Crippen LogP) is 2.62. The largest absolute Gasteiger partial charge is 0.463 e. The molecule has 0 spiro atoms. The topological polar surface area (TPSA) is 52.3 Å². The monoisotopic (exact) mass is 255 g/mol. The van der Waals surface area contributed by atoms with E-state index in [4.69, 9.17) is 10.5 Å². The number of nitrogens with two attached hydrogens (primary N) is 1. The Balaban J connectivity index is 2.56. The van der Waals surface area contributed by atoms with E-state index in [-0.39, 0.29) is 5.82 Å². The Bertz CT molecular complexity index is 435. The van der Waals surface area contributed by atoms with Crippen molar-refractivity contribution in [2.75, 3.05) is 18.1 Å². The van der Waals surface area contributed by atoms with Crippen molar-refractivity contribution in [3.8, 4) is 0 Å². The molecule has 0 saturated carbocycles. The van der Waals surface area contributed by atoms with Crippen LogP contribution in [0.4, 0.5) is 10.1 Å². The van der Waals surface area contributed by atoms with Gasteiger partial charge in [0, 0.05) is 21.9 Å². The molecule has 3 nitrogen and oxygen atoms in total. The highest BCUT2D eigenvalue weighted by atomic mass is 32.2. The first-order valence-electron chi connectivity index (χ1n) is 5.07. The molecule has 1 rings (SSSR count). The number of carbonyl (C=O) groups excluding carboxylic acids is 1. The number of rotatable bonds is 5. The number of hydrogen-bond donors (Lipinski definition) is 1. The molecule has 0 saturated heterocycles. The van der Waals surface area contributed by atoms with E-state index >= 15 is 0 Å². The molecule has 0 unspecified atom stereocenters. The first kappa shape index (κ1) is 13.6. The van der Waals surface area contributed by atoms with Gasteiger partial charge in [-0.25, -0.2) is 9.18 Å². The van der Waals surface area contributed by atoms with Crippen LogP contribution >= 0.6 is 11.8 Å². The Morgan fingerprint density at radius 2 is 2.29 bits per heavy atom. The highest BCUT2D eigenvalue weighted by Gasteiger charge is 2.09. The predicted molar refractivity (Wildman–Crippen MR) is 67.3 cm³/mol. The van der Waals surface area contributed by atoms with Crippen LogP contribution in [0.2, 0.25) is 0 Å². The van der Waals surface area contributed by atoms with Gasteiger partial charge in [-0.1, -0.05) is 6.58 Å².